The predicted octanol–water partition coefficient (Wildman–Crippen LogP) is 2.18. The second-order valence-electron chi connectivity index (χ2n) is 5.24. The van der Waals surface area contributed by atoms with E-state index in [0.29, 0.717) is 5.69 Å². The summed E-state index contributed by atoms with van der Waals surface area (Å²) in [6, 6.07) is 6.06. The number of hydrogen-bond donors (Lipinski definition) is 2. The molecule has 5 heteroatoms. The Hall–Kier alpha value is -2.04. The van der Waals surface area contributed by atoms with Crippen molar-refractivity contribution in [1.29, 1.82) is 0 Å². The lowest BCUT2D eigenvalue weighted by molar-refractivity contribution is 0.555. The highest BCUT2D eigenvalue weighted by Gasteiger charge is 2.23. The first-order valence-corrected chi connectivity index (χ1v) is 5.68. The van der Waals surface area contributed by atoms with E-state index in [0.717, 1.165) is 4.68 Å². The van der Waals surface area contributed by atoms with E-state index in [1.165, 1.54) is 12.1 Å². The van der Waals surface area contributed by atoms with Crippen LogP contribution in [0.5, 0.6) is 0 Å². The van der Waals surface area contributed by atoms with Gasteiger partial charge in [-0.25, -0.2) is 9.07 Å². The number of aromatic amines is 1. The van der Waals surface area contributed by atoms with Crippen LogP contribution in [0, 0.1) is 5.82 Å². The topological polar surface area (TPSA) is 63.8 Å². The number of nitrogens with two attached hydrogens (primary N) is 1. The lowest BCUT2D eigenvalue weighted by Crippen LogP contribution is -2.18. The Bertz CT molecular complexity index is 634. The van der Waals surface area contributed by atoms with Crippen molar-refractivity contribution in [1.82, 2.24) is 9.78 Å². The van der Waals surface area contributed by atoms with Gasteiger partial charge in [-0.1, -0.05) is 32.9 Å². The highest BCUT2D eigenvalue weighted by atomic mass is 19.1. The fraction of sp³-hybridized carbons (Fsp3) is 0.308. The summed E-state index contributed by atoms with van der Waals surface area (Å²) in [7, 11) is 0. The van der Waals surface area contributed by atoms with Gasteiger partial charge in [0.1, 0.15) is 17.2 Å². The van der Waals surface area contributed by atoms with Gasteiger partial charge in [-0.2, -0.15) is 0 Å². The first kappa shape index (κ1) is 12.4. The average molecular weight is 249 g/mol. The van der Waals surface area contributed by atoms with Crippen LogP contribution < -0.4 is 11.3 Å². The van der Waals surface area contributed by atoms with Crippen molar-refractivity contribution in [2.75, 3.05) is 5.73 Å². The molecule has 0 saturated heterocycles. The smallest absolute Gasteiger partial charge is 0.294 e. The maximum absolute atomic E-state index is 13.7. The molecule has 1 heterocycles. The van der Waals surface area contributed by atoms with Gasteiger partial charge in [0.25, 0.3) is 5.56 Å². The number of nitrogens with zero attached hydrogens (tertiary/aromatic N) is 1. The standard InChI is InChI=1S/C13H16FN3O/c1-13(2,3)11-10(15)12(18)17(16-11)9-7-5-4-6-8(9)14/h4-7,16H,15H2,1-3H3. The highest BCUT2D eigenvalue weighted by molar-refractivity contribution is 5.47. The molecule has 1 aromatic heterocycles. The van der Waals surface area contributed by atoms with Crippen LogP contribution in [-0.2, 0) is 5.41 Å². The normalized spacial score (nSPS) is 11.8. The summed E-state index contributed by atoms with van der Waals surface area (Å²) < 4.78 is 14.8. The van der Waals surface area contributed by atoms with Crippen molar-refractivity contribution in [3.8, 4) is 5.69 Å². The quantitative estimate of drug-likeness (QED) is 0.813. The number of H-pyrrole nitrogens is 1. The Balaban J connectivity index is 2.69. The molecule has 0 saturated carbocycles. The van der Waals surface area contributed by atoms with Crippen LogP contribution >= 0.6 is 0 Å². The largest absolute Gasteiger partial charge is 0.393 e. The van der Waals surface area contributed by atoms with Crippen molar-refractivity contribution in [2.45, 2.75) is 26.2 Å². The summed E-state index contributed by atoms with van der Waals surface area (Å²) in [5.41, 5.74) is 5.97. The van der Waals surface area contributed by atoms with Gasteiger partial charge in [-0.05, 0) is 12.1 Å². The number of aromatic nitrogens is 2. The minimum absolute atomic E-state index is 0.130. The molecule has 3 N–H and O–H groups in total. The maximum atomic E-state index is 13.7. The zero-order chi connectivity index (χ0) is 13.5. The van der Waals surface area contributed by atoms with Crippen molar-refractivity contribution in [2.24, 2.45) is 0 Å². The van der Waals surface area contributed by atoms with E-state index < -0.39 is 11.4 Å². The van der Waals surface area contributed by atoms with Gasteiger partial charge in [-0.3, -0.25) is 9.89 Å². The lowest BCUT2D eigenvalue weighted by Gasteiger charge is -2.16. The molecule has 0 aliphatic heterocycles. The molecular formula is C13H16FN3O. The molecule has 2 aromatic rings. The third kappa shape index (κ3) is 1.92. The minimum Gasteiger partial charge on any atom is -0.393 e. The highest BCUT2D eigenvalue weighted by Crippen LogP contribution is 2.24. The number of nitrogens with one attached hydrogen (secondary N) is 1. The first-order chi connectivity index (χ1) is 8.32. The Labute approximate surface area is 104 Å². The van der Waals surface area contributed by atoms with Gasteiger partial charge in [0.15, 0.2) is 0 Å². The summed E-state index contributed by atoms with van der Waals surface area (Å²) in [4.78, 5) is 12.0. The zero-order valence-electron chi connectivity index (χ0n) is 10.6. The molecule has 96 valence electrons. The second-order valence-corrected chi connectivity index (χ2v) is 5.24. The Morgan fingerprint density at radius 3 is 2.39 bits per heavy atom. The number of nitrogen functional groups attached to an aromatic ring is 1. The van der Waals surface area contributed by atoms with E-state index in [-0.39, 0.29) is 16.8 Å². The zero-order valence-corrected chi connectivity index (χ0v) is 10.6. The molecule has 0 radical (unpaired) electrons. The van der Waals surface area contributed by atoms with E-state index >= 15 is 0 Å². The van der Waals surface area contributed by atoms with Crippen molar-refractivity contribution < 1.29 is 4.39 Å². The summed E-state index contributed by atoms with van der Waals surface area (Å²) in [5.74, 6) is -0.471. The molecule has 1 aromatic carbocycles. The van der Waals surface area contributed by atoms with Gasteiger partial charge in [0.05, 0.1) is 5.69 Å². The minimum atomic E-state index is -0.471. The van der Waals surface area contributed by atoms with Crippen molar-refractivity contribution in [3.05, 3.63) is 46.1 Å². The summed E-state index contributed by atoms with van der Waals surface area (Å²) >= 11 is 0. The molecular weight excluding hydrogens is 233 g/mol. The van der Waals surface area contributed by atoms with Crippen LogP contribution in [-0.4, -0.2) is 9.78 Å². The van der Waals surface area contributed by atoms with E-state index in [9.17, 15) is 9.18 Å². The number of para-hydroxylation sites is 1. The van der Waals surface area contributed by atoms with Gasteiger partial charge in [0, 0.05) is 5.41 Å². The van der Waals surface area contributed by atoms with E-state index in [1.807, 2.05) is 20.8 Å². The van der Waals surface area contributed by atoms with E-state index in [2.05, 4.69) is 5.10 Å². The third-order valence-electron chi connectivity index (χ3n) is 2.77. The predicted molar refractivity (Wildman–Crippen MR) is 69.5 cm³/mol. The Morgan fingerprint density at radius 1 is 1.28 bits per heavy atom. The van der Waals surface area contributed by atoms with Gasteiger partial charge < -0.3 is 5.73 Å². The molecule has 18 heavy (non-hydrogen) atoms. The number of hydrogen-bond acceptors (Lipinski definition) is 2. The number of benzene rings is 1. The number of halogens is 1. The molecule has 0 spiro atoms. The van der Waals surface area contributed by atoms with Crippen molar-refractivity contribution in [3.63, 3.8) is 0 Å². The Morgan fingerprint density at radius 2 is 1.89 bits per heavy atom. The first-order valence-electron chi connectivity index (χ1n) is 5.68. The lowest BCUT2D eigenvalue weighted by atomic mass is 9.91. The van der Waals surface area contributed by atoms with Crippen LogP contribution in [0.4, 0.5) is 10.1 Å². The summed E-state index contributed by atoms with van der Waals surface area (Å²) in [6.45, 7) is 5.79. The van der Waals surface area contributed by atoms with Crippen molar-refractivity contribution >= 4 is 5.69 Å². The van der Waals surface area contributed by atoms with Gasteiger partial charge >= 0.3 is 0 Å². The van der Waals surface area contributed by atoms with Crippen LogP contribution in [0.1, 0.15) is 26.5 Å². The SMILES string of the molecule is CC(C)(C)c1[nH]n(-c2ccccc2F)c(=O)c1N. The number of rotatable bonds is 1. The second kappa shape index (κ2) is 4.01. The average Bonchev–Trinajstić information content (AvgIpc) is 2.57. The fourth-order valence-corrected chi connectivity index (χ4v) is 1.82. The van der Waals surface area contributed by atoms with Gasteiger partial charge in [-0.15, -0.1) is 0 Å². The van der Waals surface area contributed by atoms with E-state index in [1.54, 1.807) is 12.1 Å². The van der Waals surface area contributed by atoms with Gasteiger partial charge in [0.2, 0.25) is 0 Å². The molecule has 0 atom stereocenters. The van der Waals surface area contributed by atoms with Crippen LogP contribution in [0.15, 0.2) is 29.1 Å². The van der Waals surface area contributed by atoms with E-state index in [4.69, 9.17) is 5.73 Å². The maximum Gasteiger partial charge on any atom is 0.294 e. The summed E-state index contributed by atoms with van der Waals surface area (Å²) in [5, 5.41) is 2.89. The fourth-order valence-electron chi connectivity index (χ4n) is 1.82. The van der Waals surface area contributed by atoms with Crippen LogP contribution in [0.25, 0.3) is 5.69 Å². The molecule has 4 nitrogen and oxygen atoms in total. The molecule has 0 bridgehead atoms. The number of anilines is 1. The molecule has 2 rings (SSSR count). The monoisotopic (exact) mass is 249 g/mol. The molecule has 0 fully saturated rings. The molecule has 0 aliphatic carbocycles. The molecule has 0 aliphatic rings. The van der Waals surface area contributed by atoms with Crippen LogP contribution in [0.2, 0.25) is 0 Å². The summed E-state index contributed by atoms with van der Waals surface area (Å²) in [6.07, 6.45) is 0. The molecule has 0 unspecified atom stereocenters. The molecule has 0 amide bonds. The van der Waals surface area contributed by atoms with Crippen LogP contribution in [0.3, 0.4) is 0 Å². The third-order valence-corrected chi connectivity index (χ3v) is 2.77. The Kier molecular flexibility index (Phi) is 2.77.